The summed E-state index contributed by atoms with van der Waals surface area (Å²) in [4.78, 5) is 17.2. The number of rotatable bonds is 7. The highest BCUT2D eigenvalue weighted by Gasteiger charge is 2.54. The summed E-state index contributed by atoms with van der Waals surface area (Å²) in [5.41, 5.74) is -0.166. The molecule has 0 radical (unpaired) electrons. The smallest absolute Gasteiger partial charge is 0.227 e. The van der Waals surface area contributed by atoms with Gasteiger partial charge in [0, 0.05) is 43.5 Å². The number of carbonyl (C=O) groups excluding carboxylic acids is 1. The summed E-state index contributed by atoms with van der Waals surface area (Å²) < 4.78 is 2.20. The topological polar surface area (TPSA) is 59.0 Å². The van der Waals surface area contributed by atoms with Gasteiger partial charge in [0.2, 0.25) is 5.91 Å². The lowest BCUT2D eigenvalue weighted by atomic mass is 9.71. The number of nitrogens with one attached hydrogen (secondary N) is 2. The number of imidazole rings is 1. The van der Waals surface area contributed by atoms with Gasteiger partial charge >= 0.3 is 0 Å². The van der Waals surface area contributed by atoms with Crippen molar-refractivity contribution in [1.29, 1.82) is 0 Å². The fourth-order valence-electron chi connectivity index (χ4n) is 4.44. The number of aromatic nitrogens is 2. The van der Waals surface area contributed by atoms with Gasteiger partial charge in [-0.05, 0) is 32.1 Å². The summed E-state index contributed by atoms with van der Waals surface area (Å²) in [7, 11) is 0. The van der Waals surface area contributed by atoms with E-state index in [1.54, 1.807) is 0 Å². The SMILES string of the molecule is CC[C@@]1(C(=O)NCCCn2ccnc2C(C)C)C[C@@H]2CC[C@H]1N2.Cl.Cl. The fourth-order valence-corrected chi connectivity index (χ4v) is 4.44. The van der Waals surface area contributed by atoms with Crippen LogP contribution in [0.3, 0.4) is 0 Å². The van der Waals surface area contributed by atoms with Gasteiger partial charge in [-0.25, -0.2) is 4.98 Å². The van der Waals surface area contributed by atoms with E-state index in [0.29, 0.717) is 18.0 Å². The lowest BCUT2D eigenvalue weighted by Gasteiger charge is -2.34. The Hall–Kier alpha value is -0.780. The van der Waals surface area contributed by atoms with Crippen LogP contribution < -0.4 is 10.6 Å². The molecule has 0 saturated carbocycles. The van der Waals surface area contributed by atoms with Gasteiger partial charge in [0.05, 0.1) is 5.41 Å². The number of amides is 1. The van der Waals surface area contributed by atoms with Gasteiger partial charge in [0.25, 0.3) is 0 Å². The molecule has 1 amide bonds. The molecule has 0 unspecified atom stereocenters. The monoisotopic (exact) mass is 390 g/mol. The van der Waals surface area contributed by atoms with E-state index in [4.69, 9.17) is 0 Å². The molecule has 3 rings (SSSR count). The number of carbonyl (C=O) groups is 1. The van der Waals surface area contributed by atoms with Gasteiger partial charge in [-0.3, -0.25) is 4.79 Å². The van der Waals surface area contributed by atoms with Crippen molar-refractivity contribution in [3.05, 3.63) is 18.2 Å². The van der Waals surface area contributed by atoms with Crippen LogP contribution in [-0.4, -0.2) is 34.1 Å². The zero-order chi connectivity index (χ0) is 16.4. The summed E-state index contributed by atoms with van der Waals surface area (Å²) in [6, 6.07) is 0.948. The second kappa shape index (κ2) is 9.24. The zero-order valence-corrected chi connectivity index (χ0v) is 17.1. The summed E-state index contributed by atoms with van der Waals surface area (Å²) >= 11 is 0. The van der Waals surface area contributed by atoms with Crippen LogP contribution in [0.4, 0.5) is 0 Å². The number of fused-ring (bicyclic) bond motifs is 2. The quantitative estimate of drug-likeness (QED) is 0.702. The first-order valence-corrected chi connectivity index (χ1v) is 9.12. The molecule has 1 aromatic rings. The summed E-state index contributed by atoms with van der Waals surface area (Å²) in [5.74, 6) is 1.82. The molecule has 2 aliphatic heterocycles. The molecule has 25 heavy (non-hydrogen) atoms. The van der Waals surface area contributed by atoms with Crippen molar-refractivity contribution in [2.24, 2.45) is 5.41 Å². The third-order valence-corrected chi connectivity index (χ3v) is 5.73. The molecule has 7 heteroatoms. The van der Waals surface area contributed by atoms with Gasteiger partial charge in [-0.1, -0.05) is 20.8 Å². The maximum absolute atomic E-state index is 12.8. The highest BCUT2D eigenvalue weighted by molar-refractivity contribution is 5.85. The first kappa shape index (κ1) is 22.3. The Labute approximate surface area is 163 Å². The predicted molar refractivity (Wildman–Crippen MR) is 106 cm³/mol. The summed E-state index contributed by atoms with van der Waals surface area (Å²) in [6.07, 6.45) is 9.18. The van der Waals surface area contributed by atoms with Gasteiger partial charge in [-0.15, -0.1) is 24.8 Å². The minimum absolute atomic E-state index is 0. The molecular weight excluding hydrogens is 359 g/mol. The number of halogens is 2. The van der Waals surface area contributed by atoms with Crippen LogP contribution in [0.15, 0.2) is 12.4 Å². The second-order valence-electron chi connectivity index (χ2n) is 7.45. The maximum Gasteiger partial charge on any atom is 0.227 e. The molecule has 2 fully saturated rings. The van der Waals surface area contributed by atoms with Crippen molar-refractivity contribution in [2.75, 3.05) is 6.54 Å². The molecule has 5 nitrogen and oxygen atoms in total. The summed E-state index contributed by atoms with van der Waals surface area (Å²) in [5, 5.41) is 6.81. The summed E-state index contributed by atoms with van der Waals surface area (Å²) in [6.45, 7) is 8.13. The van der Waals surface area contributed by atoms with E-state index >= 15 is 0 Å². The molecule has 0 aliphatic carbocycles. The van der Waals surface area contributed by atoms with Gasteiger partial charge < -0.3 is 15.2 Å². The lowest BCUT2D eigenvalue weighted by Crippen LogP contribution is -2.48. The van der Waals surface area contributed by atoms with Crippen molar-refractivity contribution < 1.29 is 4.79 Å². The van der Waals surface area contributed by atoms with Gasteiger partial charge in [0.1, 0.15) is 5.82 Å². The van der Waals surface area contributed by atoms with E-state index in [-0.39, 0.29) is 36.1 Å². The number of nitrogens with zero attached hydrogens (tertiary/aromatic N) is 2. The maximum atomic E-state index is 12.8. The van der Waals surface area contributed by atoms with E-state index in [9.17, 15) is 4.79 Å². The fraction of sp³-hybridized carbons (Fsp3) is 0.778. The van der Waals surface area contributed by atoms with E-state index in [0.717, 1.165) is 44.6 Å². The molecule has 0 spiro atoms. The molecule has 2 saturated heterocycles. The molecule has 2 N–H and O–H groups in total. The van der Waals surface area contributed by atoms with Crippen molar-refractivity contribution in [2.45, 2.75) is 77.4 Å². The number of hydrogen-bond donors (Lipinski definition) is 2. The Bertz CT molecular complexity index is 563. The number of aryl methyl sites for hydroxylation is 1. The van der Waals surface area contributed by atoms with Crippen LogP contribution in [0.1, 0.15) is 64.6 Å². The van der Waals surface area contributed by atoms with E-state index in [2.05, 4.69) is 41.0 Å². The molecule has 144 valence electrons. The third-order valence-electron chi connectivity index (χ3n) is 5.73. The Balaban J connectivity index is 0.00000156. The van der Waals surface area contributed by atoms with Crippen molar-refractivity contribution >= 4 is 30.7 Å². The van der Waals surface area contributed by atoms with Crippen LogP contribution in [-0.2, 0) is 11.3 Å². The second-order valence-corrected chi connectivity index (χ2v) is 7.45. The number of hydrogen-bond acceptors (Lipinski definition) is 3. The highest BCUT2D eigenvalue weighted by atomic mass is 35.5. The van der Waals surface area contributed by atoms with Crippen molar-refractivity contribution in [1.82, 2.24) is 20.2 Å². The Morgan fingerprint density at radius 3 is 2.76 bits per heavy atom. The van der Waals surface area contributed by atoms with Gasteiger partial charge in [0.15, 0.2) is 0 Å². The Morgan fingerprint density at radius 2 is 2.20 bits per heavy atom. The average molecular weight is 391 g/mol. The van der Waals surface area contributed by atoms with Crippen LogP contribution >= 0.6 is 24.8 Å². The molecule has 3 heterocycles. The minimum Gasteiger partial charge on any atom is -0.356 e. The van der Waals surface area contributed by atoms with Crippen LogP contribution in [0.2, 0.25) is 0 Å². The highest BCUT2D eigenvalue weighted by Crippen LogP contribution is 2.45. The van der Waals surface area contributed by atoms with Crippen LogP contribution in [0, 0.1) is 5.41 Å². The predicted octanol–water partition coefficient (Wildman–Crippen LogP) is 3.28. The minimum atomic E-state index is -0.166. The molecular formula is C18H32Cl2N4O. The van der Waals surface area contributed by atoms with E-state index < -0.39 is 0 Å². The first-order valence-electron chi connectivity index (χ1n) is 9.12. The first-order chi connectivity index (χ1) is 11.1. The normalized spacial score (nSPS) is 27.0. The Kier molecular flexibility index (Phi) is 8.23. The zero-order valence-electron chi connectivity index (χ0n) is 15.5. The van der Waals surface area contributed by atoms with E-state index in [1.807, 2.05) is 12.4 Å². The largest absolute Gasteiger partial charge is 0.356 e. The molecule has 3 atom stereocenters. The van der Waals surface area contributed by atoms with Crippen molar-refractivity contribution in [3.63, 3.8) is 0 Å². The van der Waals surface area contributed by atoms with Crippen LogP contribution in [0.5, 0.6) is 0 Å². The standard InChI is InChI=1S/C18H30N4O.2ClH/c1-4-18(12-14-6-7-15(18)21-14)17(23)20-8-5-10-22-11-9-19-16(22)13(2)3;;/h9,11,13-15,21H,4-8,10,12H2,1-3H3,(H,20,23);2*1H/t14-,15+,18+;;/m0../s1. The van der Waals surface area contributed by atoms with Crippen LogP contribution in [0.25, 0.3) is 0 Å². The van der Waals surface area contributed by atoms with Crippen molar-refractivity contribution in [3.8, 4) is 0 Å². The molecule has 2 aliphatic rings. The lowest BCUT2D eigenvalue weighted by molar-refractivity contribution is -0.132. The molecule has 2 bridgehead atoms. The Morgan fingerprint density at radius 1 is 1.44 bits per heavy atom. The third kappa shape index (κ3) is 4.32. The molecule has 0 aromatic carbocycles. The van der Waals surface area contributed by atoms with E-state index in [1.165, 1.54) is 6.42 Å². The van der Waals surface area contributed by atoms with Gasteiger partial charge in [-0.2, -0.15) is 0 Å². The molecule has 1 aromatic heterocycles. The average Bonchev–Trinajstić information content (AvgIpc) is 3.25.